The van der Waals surface area contributed by atoms with Gasteiger partial charge in [-0.25, -0.2) is 0 Å². The van der Waals surface area contributed by atoms with Crippen molar-refractivity contribution in [2.45, 2.75) is 11.3 Å². The third-order valence-corrected chi connectivity index (χ3v) is 4.51. The molecule has 1 aromatic carbocycles. The van der Waals surface area contributed by atoms with E-state index in [1.807, 2.05) is 12.2 Å². The highest BCUT2D eigenvalue weighted by atomic mass is 32.2. The molecule has 2 rings (SSSR count). The van der Waals surface area contributed by atoms with Crippen molar-refractivity contribution in [1.82, 2.24) is 0 Å². The highest BCUT2D eigenvalue weighted by Crippen LogP contribution is 2.35. The van der Waals surface area contributed by atoms with Crippen LogP contribution >= 0.6 is 19.4 Å². The van der Waals surface area contributed by atoms with Gasteiger partial charge in [0.05, 0.1) is 11.7 Å². The molecule has 0 spiro atoms. The molecule has 2 N–H and O–H groups in total. The minimum Gasteiger partial charge on any atom is -0.361 e. The van der Waals surface area contributed by atoms with Crippen LogP contribution in [0.1, 0.15) is 6.42 Å². The van der Waals surface area contributed by atoms with Crippen molar-refractivity contribution in [2.24, 2.45) is 0 Å². The smallest absolute Gasteiger partial charge is 0.356 e. The number of thioether (sulfide) groups is 1. The fourth-order valence-electron chi connectivity index (χ4n) is 1.51. The van der Waals surface area contributed by atoms with Gasteiger partial charge in [0.15, 0.2) is 0 Å². The van der Waals surface area contributed by atoms with Gasteiger partial charge < -0.3 is 15.3 Å². The average molecular weight is 294 g/mol. The summed E-state index contributed by atoms with van der Waals surface area (Å²) in [7, 11) is -4.17. The van der Waals surface area contributed by atoms with Crippen molar-refractivity contribution in [3.8, 4) is 0 Å². The fourth-order valence-corrected chi connectivity index (χ4v) is 2.90. The van der Waals surface area contributed by atoms with Crippen LogP contribution in [0.3, 0.4) is 0 Å². The van der Waals surface area contributed by atoms with Crippen LogP contribution in [0.2, 0.25) is 0 Å². The Bertz CT molecular complexity index is 639. The quantitative estimate of drug-likeness (QED) is 0.507. The zero-order chi connectivity index (χ0) is 13.9. The zero-order valence-corrected chi connectivity index (χ0v) is 11.5. The van der Waals surface area contributed by atoms with E-state index in [0.717, 1.165) is 9.80 Å². The van der Waals surface area contributed by atoms with E-state index in [-0.39, 0.29) is 5.30 Å². The Morgan fingerprint density at radius 3 is 2.37 bits per heavy atom. The molecule has 98 valence electrons. The number of nitrogens with zero attached hydrogens (tertiary/aromatic N) is 2. The summed E-state index contributed by atoms with van der Waals surface area (Å²) < 4.78 is 11.0. The normalized spacial score (nSPS) is 15.1. The van der Waals surface area contributed by atoms with E-state index in [4.69, 9.17) is 15.3 Å². The summed E-state index contributed by atoms with van der Waals surface area (Å²) in [6, 6.07) is 6.19. The molecule has 1 aliphatic rings. The molecule has 0 heterocycles. The lowest BCUT2D eigenvalue weighted by atomic mass is 10.2. The molecule has 0 aliphatic heterocycles. The van der Waals surface area contributed by atoms with Gasteiger partial charge in [0.25, 0.3) is 5.71 Å². The zero-order valence-electron chi connectivity index (χ0n) is 9.80. The van der Waals surface area contributed by atoms with Gasteiger partial charge in [-0.3, -0.25) is 4.57 Å². The fraction of sp³-hybridized carbons (Fsp3) is 0.0833. The maximum absolute atomic E-state index is 11.0. The minimum atomic E-state index is -4.17. The second kappa shape index (κ2) is 5.70. The van der Waals surface area contributed by atoms with Crippen LogP contribution in [0.5, 0.6) is 0 Å². The second-order valence-electron chi connectivity index (χ2n) is 3.88. The summed E-state index contributed by atoms with van der Waals surface area (Å²) in [4.78, 5) is 23.0. The summed E-state index contributed by atoms with van der Waals surface area (Å²) >= 11 is 1.48. The van der Waals surface area contributed by atoms with E-state index in [9.17, 15) is 4.57 Å². The van der Waals surface area contributed by atoms with Crippen LogP contribution in [-0.4, -0.2) is 20.3 Å². The van der Waals surface area contributed by atoms with Gasteiger partial charge >= 0.3 is 7.60 Å². The Morgan fingerprint density at radius 2 is 1.89 bits per heavy atom. The molecule has 0 aromatic heterocycles. The maximum atomic E-state index is 11.0. The highest BCUT2D eigenvalue weighted by Gasteiger charge is 2.16. The molecule has 19 heavy (non-hydrogen) atoms. The molecule has 0 unspecified atom stereocenters. The minimum absolute atomic E-state index is 0.0136. The highest BCUT2D eigenvalue weighted by molar-refractivity contribution is 8.03. The topological polar surface area (TPSA) is 93.9 Å². The Hall–Kier alpha value is -1.42. The Balaban J connectivity index is 2.09. The van der Waals surface area contributed by atoms with Gasteiger partial charge in [0, 0.05) is 15.9 Å². The first-order valence-corrected chi connectivity index (χ1v) is 7.85. The molecule has 0 atom stereocenters. The summed E-state index contributed by atoms with van der Waals surface area (Å²) in [6.07, 6.45) is 6.05. The van der Waals surface area contributed by atoms with Crippen molar-refractivity contribution in [3.05, 3.63) is 52.9 Å². The monoisotopic (exact) mass is 294 g/mol. The molecule has 0 bridgehead atoms. The van der Waals surface area contributed by atoms with Crippen molar-refractivity contribution < 1.29 is 19.1 Å². The van der Waals surface area contributed by atoms with Gasteiger partial charge in [0.1, 0.15) is 0 Å². The standard InChI is InChI=1S/C12H11N2O3PS/c13-14-9-1-5-11(6-2-9)19-12-7-3-10(4-8-12)18(15,16)17/h1,3-8H,2H2,(H2,15,16,17). The van der Waals surface area contributed by atoms with E-state index in [0.29, 0.717) is 12.1 Å². The molecular formula is C12H11N2O3PS. The maximum Gasteiger partial charge on any atom is 0.356 e. The van der Waals surface area contributed by atoms with E-state index >= 15 is 0 Å². The number of hydrogen-bond acceptors (Lipinski definition) is 2. The lowest BCUT2D eigenvalue weighted by Crippen LogP contribution is -2.02. The predicted octanol–water partition coefficient (Wildman–Crippen LogP) is 2.10. The third kappa shape index (κ3) is 3.77. The van der Waals surface area contributed by atoms with E-state index in [1.165, 1.54) is 23.9 Å². The van der Waals surface area contributed by atoms with Gasteiger partial charge in [-0.05, 0) is 30.3 Å². The van der Waals surface area contributed by atoms with Crippen LogP contribution in [0.25, 0.3) is 5.53 Å². The number of allylic oxidation sites excluding steroid dienone is 3. The Labute approximate surface area is 114 Å². The van der Waals surface area contributed by atoms with E-state index in [2.05, 4.69) is 4.79 Å². The summed E-state index contributed by atoms with van der Waals surface area (Å²) in [5.74, 6) is 0. The van der Waals surface area contributed by atoms with Crippen molar-refractivity contribution in [1.29, 1.82) is 0 Å². The first-order chi connectivity index (χ1) is 8.99. The summed E-state index contributed by atoms with van der Waals surface area (Å²) in [6.45, 7) is 0. The molecule has 0 fully saturated rings. The lowest BCUT2D eigenvalue weighted by Gasteiger charge is -2.07. The van der Waals surface area contributed by atoms with Crippen LogP contribution in [0.4, 0.5) is 0 Å². The van der Waals surface area contributed by atoms with Crippen LogP contribution < -0.4 is 5.30 Å². The lowest BCUT2D eigenvalue weighted by molar-refractivity contribution is -0.00538. The first-order valence-electron chi connectivity index (χ1n) is 5.42. The van der Waals surface area contributed by atoms with Crippen molar-refractivity contribution in [3.63, 3.8) is 0 Å². The third-order valence-electron chi connectivity index (χ3n) is 2.49. The van der Waals surface area contributed by atoms with E-state index in [1.54, 1.807) is 18.2 Å². The number of benzene rings is 1. The van der Waals surface area contributed by atoms with Crippen molar-refractivity contribution >= 4 is 30.4 Å². The molecule has 0 saturated carbocycles. The molecule has 0 radical (unpaired) electrons. The SMILES string of the molecule is [N-]=[N+]=C1C=CC(Sc2ccc(P(=O)(O)O)cc2)=CC1. The molecule has 1 aliphatic carbocycles. The molecule has 5 nitrogen and oxygen atoms in total. The first kappa shape index (κ1) is 14.0. The van der Waals surface area contributed by atoms with Gasteiger partial charge in [0.2, 0.25) is 0 Å². The molecule has 1 aromatic rings. The van der Waals surface area contributed by atoms with Crippen LogP contribution in [0.15, 0.2) is 52.3 Å². The van der Waals surface area contributed by atoms with Crippen LogP contribution in [-0.2, 0) is 4.57 Å². The second-order valence-corrected chi connectivity index (χ2v) is 6.63. The summed E-state index contributed by atoms with van der Waals surface area (Å²) in [5, 5.41) is 0.0136. The van der Waals surface area contributed by atoms with Crippen molar-refractivity contribution in [2.75, 3.05) is 0 Å². The van der Waals surface area contributed by atoms with Gasteiger partial charge in [-0.1, -0.05) is 17.8 Å². The number of hydrogen-bond donors (Lipinski definition) is 2. The Kier molecular flexibility index (Phi) is 4.20. The van der Waals surface area contributed by atoms with E-state index < -0.39 is 7.60 Å². The summed E-state index contributed by atoms with van der Waals surface area (Å²) in [5.41, 5.74) is 9.20. The number of rotatable bonds is 3. The molecule has 0 amide bonds. The van der Waals surface area contributed by atoms with Gasteiger partial charge in [-0.2, -0.15) is 4.79 Å². The van der Waals surface area contributed by atoms with Gasteiger partial charge in [-0.15, -0.1) is 0 Å². The van der Waals surface area contributed by atoms with Crippen LogP contribution in [0, 0.1) is 0 Å². The largest absolute Gasteiger partial charge is 0.361 e. The predicted molar refractivity (Wildman–Crippen MR) is 74.4 cm³/mol. The molecule has 7 heteroatoms. The molecular weight excluding hydrogens is 283 g/mol. The molecule has 0 saturated heterocycles. The average Bonchev–Trinajstić information content (AvgIpc) is 2.39. The Morgan fingerprint density at radius 1 is 1.21 bits per heavy atom.